The standard InChI is InChI=1S/C23H27FN4O2/c1-15-20(23(27-26-15)16-3-5-18(24)6-4-16)14-22(29)25-10-12-28-11-9-17-13-19(30-2)7-8-21(17)28/h3-9,11,13,15,20,23,26-27H,10,12,14H2,1-2H3,(H,25,29). The summed E-state index contributed by atoms with van der Waals surface area (Å²) in [5.74, 6) is 0.665. The van der Waals surface area contributed by atoms with Crippen molar-refractivity contribution in [1.29, 1.82) is 0 Å². The second-order valence-corrected chi connectivity index (χ2v) is 7.76. The number of aromatic nitrogens is 1. The molecule has 0 saturated carbocycles. The van der Waals surface area contributed by atoms with Crippen molar-refractivity contribution < 1.29 is 13.9 Å². The van der Waals surface area contributed by atoms with Crippen LogP contribution in [0.4, 0.5) is 4.39 Å². The summed E-state index contributed by atoms with van der Waals surface area (Å²) in [6, 6.07) is 14.6. The zero-order valence-electron chi connectivity index (χ0n) is 17.2. The van der Waals surface area contributed by atoms with Crippen LogP contribution < -0.4 is 20.9 Å². The van der Waals surface area contributed by atoms with E-state index in [9.17, 15) is 9.18 Å². The highest BCUT2D eigenvalue weighted by atomic mass is 19.1. The first-order valence-corrected chi connectivity index (χ1v) is 10.2. The third-order valence-corrected chi connectivity index (χ3v) is 5.84. The van der Waals surface area contributed by atoms with Gasteiger partial charge in [-0.2, -0.15) is 0 Å². The Kier molecular flexibility index (Phi) is 6.01. The zero-order valence-corrected chi connectivity index (χ0v) is 17.2. The van der Waals surface area contributed by atoms with E-state index < -0.39 is 0 Å². The molecule has 1 aliphatic heterocycles. The van der Waals surface area contributed by atoms with Crippen molar-refractivity contribution in [2.45, 2.75) is 32.0 Å². The molecular weight excluding hydrogens is 383 g/mol. The average Bonchev–Trinajstić information content (AvgIpc) is 3.32. The van der Waals surface area contributed by atoms with Crippen molar-refractivity contribution in [2.24, 2.45) is 5.92 Å². The first-order valence-electron chi connectivity index (χ1n) is 10.2. The zero-order chi connectivity index (χ0) is 21.1. The minimum Gasteiger partial charge on any atom is -0.497 e. The minimum atomic E-state index is -0.261. The summed E-state index contributed by atoms with van der Waals surface area (Å²) in [4.78, 5) is 12.6. The van der Waals surface area contributed by atoms with Crippen LogP contribution in [-0.2, 0) is 11.3 Å². The van der Waals surface area contributed by atoms with E-state index in [1.54, 1.807) is 19.2 Å². The number of nitrogens with zero attached hydrogens (tertiary/aromatic N) is 1. The first-order chi connectivity index (χ1) is 14.5. The SMILES string of the molecule is COc1ccc2c(ccn2CCNC(=O)CC2C(C)NNC2c2ccc(F)cc2)c1. The Morgan fingerprint density at radius 2 is 1.97 bits per heavy atom. The number of amides is 1. The molecule has 0 aliphatic carbocycles. The van der Waals surface area contributed by atoms with Gasteiger partial charge in [-0.05, 0) is 48.9 Å². The quantitative estimate of drug-likeness (QED) is 0.560. The lowest BCUT2D eigenvalue weighted by Gasteiger charge is -2.21. The van der Waals surface area contributed by atoms with E-state index in [2.05, 4.69) is 27.7 Å². The Morgan fingerprint density at radius 3 is 2.73 bits per heavy atom. The number of benzene rings is 2. The summed E-state index contributed by atoms with van der Waals surface area (Å²) in [5, 5.41) is 4.15. The third-order valence-electron chi connectivity index (χ3n) is 5.84. The summed E-state index contributed by atoms with van der Waals surface area (Å²) in [6.07, 6.45) is 2.42. The summed E-state index contributed by atoms with van der Waals surface area (Å²) < 4.78 is 20.6. The molecule has 0 spiro atoms. The van der Waals surface area contributed by atoms with Crippen molar-refractivity contribution in [3.05, 3.63) is 66.1 Å². The molecule has 6 nitrogen and oxygen atoms in total. The van der Waals surface area contributed by atoms with E-state index in [4.69, 9.17) is 4.74 Å². The number of carbonyl (C=O) groups excluding carboxylic acids is 1. The van der Waals surface area contributed by atoms with Crippen LogP contribution in [0.25, 0.3) is 10.9 Å². The van der Waals surface area contributed by atoms with Crippen molar-refractivity contribution in [3.63, 3.8) is 0 Å². The molecule has 2 heterocycles. The number of halogens is 1. The molecule has 1 amide bonds. The van der Waals surface area contributed by atoms with E-state index in [0.29, 0.717) is 19.5 Å². The van der Waals surface area contributed by atoms with Crippen molar-refractivity contribution in [2.75, 3.05) is 13.7 Å². The largest absolute Gasteiger partial charge is 0.497 e. The minimum absolute atomic E-state index is 0.0163. The number of hydrogen-bond donors (Lipinski definition) is 3. The van der Waals surface area contributed by atoms with Gasteiger partial charge in [-0.1, -0.05) is 12.1 Å². The molecule has 1 aliphatic rings. The van der Waals surface area contributed by atoms with E-state index in [1.807, 2.05) is 30.5 Å². The van der Waals surface area contributed by atoms with E-state index in [0.717, 1.165) is 22.2 Å². The van der Waals surface area contributed by atoms with Crippen molar-refractivity contribution in [1.82, 2.24) is 20.7 Å². The second-order valence-electron chi connectivity index (χ2n) is 7.76. The molecule has 3 aromatic rings. The fourth-order valence-electron chi connectivity index (χ4n) is 4.12. The molecule has 3 unspecified atom stereocenters. The number of hydrogen-bond acceptors (Lipinski definition) is 4. The smallest absolute Gasteiger partial charge is 0.220 e. The Bertz CT molecular complexity index is 1020. The molecule has 4 rings (SSSR count). The lowest BCUT2D eigenvalue weighted by atomic mass is 9.87. The lowest BCUT2D eigenvalue weighted by molar-refractivity contribution is -0.122. The Labute approximate surface area is 175 Å². The maximum Gasteiger partial charge on any atom is 0.220 e. The molecule has 1 saturated heterocycles. The van der Waals surface area contributed by atoms with Gasteiger partial charge >= 0.3 is 0 Å². The molecule has 0 bridgehead atoms. The van der Waals surface area contributed by atoms with Crippen molar-refractivity contribution >= 4 is 16.8 Å². The van der Waals surface area contributed by atoms with Crippen LogP contribution in [0.2, 0.25) is 0 Å². The van der Waals surface area contributed by atoms with Gasteiger partial charge in [-0.15, -0.1) is 0 Å². The highest BCUT2D eigenvalue weighted by Gasteiger charge is 2.35. The molecule has 158 valence electrons. The molecule has 30 heavy (non-hydrogen) atoms. The second kappa shape index (κ2) is 8.85. The maximum atomic E-state index is 13.2. The molecule has 1 aromatic heterocycles. The topological polar surface area (TPSA) is 67.3 Å². The molecule has 0 radical (unpaired) electrons. The van der Waals surface area contributed by atoms with Gasteiger partial charge in [0.05, 0.1) is 13.2 Å². The van der Waals surface area contributed by atoms with Gasteiger partial charge in [-0.3, -0.25) is 10.2 Å². The fourth-order valence-corrected chi connectivity index (χ4v) is 4.12. The Morgan fingerprint density at radius 1 is 1.17 bits per heavy atom. The van der Waals surface area contributed by atoms with Crippen LogP contribution >= 0.6 is 0 Å². The molecule has 7 heteroatoms. The molecule has 1 fully saturated rings. The van der Waals surface area contributed by atoms with Crippen LogP contribution in [0, 0.1) is 11.7 Å². The van der Waals surface area contributed by atoms with E-state index >= 15 is 0 Å². The predicted octanol–water partition coefficient (Wildman–Crippen LogP) is 3.15. The van der Waals surface area contributed by atoms with Gasteiger partial charge in [-0.25, -0.2) is 9.82 Å². The summed E-state index contributed by atoms with van der Waals surface area (Å²) in [7, 11) is 1.66. The fraction of sp³-hybridized carbons (Fsp3) is 0.348. The van der Waals surface area contributed by atoms with Crippen LogP contribution in [0.3, 0.4) is 0 Å². The van der Waals surface area contributed by atoms with Crippen LogP contribution in [-0.4, -0.2) is 30.2 Å². The predicted molar refractivity (Wildman–Crippen MR) is 114 cm³/mol. The third kappa shape index (κ3) is 4.32. The van der Waals surface area contributed by atoms with Gasteiger partial charge in [0.15, 0.2) is 0 Å². The summed E-state index contributed by atoms with van der Waals surface area (Å²) in [5.41, 5.74) is 8.53. The number of hydrazine groups is 1. The summed E-state index contributed by atoms with van der Waals surface area (Å²) in [6.45, 7) is 3.30. The lowest BCUT2D eigenvalue weighted by Crippen LogP contribution is -2.32. The van der Waals surface area contributed by atoms with E-state index in [1.165, 1.54) is 12.1 Å². The number of ether oxygens (including phenoxy) is 1. The Hall–Kier alpha value is -2.90. The molecule has 3 atom stereocenters. The van der Waals surface area contributed by atoms with Gasteiger partial charge in [0.2, 0.25) is 5.91 Å². The van der Waals surface area contributed by atoms with Gasteiger partial charge in [0.1, 0.15) is 11.6 Å². The first kappa shape index (κ1) is 20.4. The maximum absolute atomic E-state index is 13.2. The average molecular weight is 410 g/mol. The molecular formula is C23H27FN4O2. The number of methoxy groups -OCH3 is 1. The monoisotopic (exact) mass is 410 g/mol. The van der Waals surface area contributed by atoms with Crippen LogP contribution in [0.15, 0.2) is 54.7 Å². The Balaban J connectivity index is 1.33. The van der Waals surface area contributed by atoms with Crippen molar-refractivity contribution in [3.8, 4) is 5.75 Å². The normalized spacial score (nSPS) is 21.1. The summed E-state index contributed by atoms with van der Waals surface area (Å²) >= 11 is 0. The van der Waals surface area contributed by atoms with Crippen LogP contribution in [0.1, 0.15) is 24.9 Å². The van der Waals surface area contributed by atoms with Gasteiger partial charge < -0.3 is 14.6 Å². The molecule has 2 aromatic carbocycles. The number of carbonyl (C=O) groups is 1. The number of rotatable bonds is 7. The molecule has 3 N–H and O–H groups in total. The number of fused-ring (bicyclic) bond motifs is 1. The highest BCUT2D eigenvalue weighted by Crippen LogP contribution is 2.31. The number of nitrogens with one attached hydrogen (secondary N) is 3. The van der Waals surface area contributed by atoms with Gasteiger partial charge in [0, 0.05) is 48.6 Å². The van der Waals surface area contributed by atoms with Gasteiger partial charge in [0.25, 0.3) is 0 Å². The van der Waals surface area contributed by atoms with E-state index in [-0.39, 0.29) is 29.7 Å². The highest BCUT2D eigenvalue weighted by molar-refractivity contribution is 5.81. The van der Waals surface area contributed by atoms with Crippen LogP contribution in [0.5, 0.6) is 5.75 Å².